The average molecular weight is 504 g/mol. The molecule has 0 aliphatic rings. The number of hydrogen-bond donors (Lipinski definition) is 1. The minimum atomic E-state index is -0.0135. The van der Waals surface area contributed by atoms with E-state index in [0.29, 0.717) is 24.6 Å². The van der Waals surface area contributed by atoms with Gasteiger partial charge in [0.25, 0.3) is 0 Å². The van der Waals surface area contributed by atoms with Crippen LogP contribution in [0.2, 0.25) is 5.02 Å². The van der Waals surface area contributed by atoms with Crippen molar-refractivity contribution < 1.29 is 9.53 Å². The van der Waals surface area contributed by atoms with E-state index in [-0.39, 0.29) is 5.91 Å². The van der Waals surface area contributed by atoms with Crippen LogP contribution in [0, 0.1) is 13.8 Å². The highest BCUT2D eigenvalue weighted by Gasteiger charge is 2.11. The monoisotopic (exact) mass is 503 g/mol. The summed E-state index contributed by atoms with van der Waals surface area (Å²) in [5, 5.41) is 3.64. The van der Waals surface area contributed by atoms with E-state index in [0.717, 1.165) is 60.4 Å². The third-order valence-electron chi connectivity index (χ3n) is 6.53. The van der Waals surface area contributed by atoms with E-state index in [9.17, 15) is 4.79 Å². The molecule has 0 aliphatic carbocycles. The van der Waals surface area contributed by atoms with Gasteiger partial charge in [0.15, 0.2) is 0 Å². The maximum absolute atomic E-state index is 12.3. The zero-order valence-corrected chi connectivity index (χ0v) is 21.9. The van der Waals surface area contributed by atoms with Crippen molar-refractivity contribution in [1.82, 2.24) is 14.9 Å². The minimum Gasteiger partial charge on any atom is -0.493 e. The fourth-order valence-electron chi connectivity index (χ4n) is 4.35. The molecule has 0 saturated heterocycles. The molecule has 1 heterocycles. The van der Waals surface area contributed by atoms with Crippen LogP contribution >= 0.6 is 11.6 Å². The van der Waals surface area contributed by atoms with Crippen molar-refractivity contribution in [3.63, 3.8) is 0 Å². The summed E-state index contributed by atoms with van der Waals surface area (Å²) in [7, 11) is 0. The van der Waals surface area contributed by atoms with E-state index < -0.39 is 0 Å². The number of carbonyl (C=O) groups is 1. The number of nitrogens with one attached hydrogen (secondary N) is 1. The molecule has 0 radical (unpaired) electrons. The molecule has 0 fully saturated rings. The van der Waals surface area contributed by atoms with Gasteiger partial charge in [0.1, 0.15) is 11.6 Å². The lowest BCUT2D eigenvalue weighted by molar-refractivity contribution is -0.120. The van der Waals surface area contributed by atoms with Crippen molar-refractivity contribution in [3.8, 4) is 5.75 Å². The van der Waals surface area contributed by atoms with Crippen molar-refractivity contribution in [3.05, 3.63) is 94.3 Å². The Bertz CT molecular complexity index is 1310. The summed E-state index contributed by atoms with van der Waals surface area (Å²) in [5.41, 5.74) is 5.48. The third kappa shape index (κ3) is 6.67. The third-order valence-corrected chi connectivity index (χ3v) is 6.90. The highest BCUT2D eigenvalue weighted by Crippen LogP contribution is 2.22. The van der Waals surface area contributed by atoms with Gasteiger partial charge in [0, 0.05) is 24.5 Å². The van der Waals surface area contributed by atoms with Gasteiger partial charge < -0.3 is 14.6 Å². The summed E-state index contributed by atoms with van der Waals surface area (Å²) in [6.07, 6.45) is 3.90. The molecular formula is C30H34ClN3O2. The lowest BCUT2D eigenvalue weighted by Gasteiger charge is -2.12. The zero-order chi connectivity index (χ0) is 25.3. The second-order valence-corrected chi connectivity index (χ2v) is 9.55. The first-order valence-corrected chi connectivity index (χ1v) is 13.0. The molecule has 3 aromatic carbocycles. The predicted molar refractivity (Wildman–Crippen MR) is 147 cm³/mol. The largest absolute Gasteiger partial charge is 0.493 e. The van der Waals surface area contributed by atoms with Gasteiger partial charge in [-0.3, -0.25) is 4.79 Å². The highest BCUT2D eigenvalue weighted by molar-refractivity contribution is 6.31. The number of hydrogen-bond acceptors (Lipinski definition) is 3. The quantitative estimate of drug-likeness (QED) is 0.226. The molecule has 1 amide bonds. The normalized spacial score (nSPS) is 11.1. The van der Waals surface area contributed by atoms with E-state index in [1.165, 1.54) is 11.1 Å². The number of imidazole rings is 1. The molecule has 0 saturated carbocycles. The molecule has 0 atom stereocenters. The smallest absolute Gasteiger partial charge is 0.224 e. The number of aromatic nitrogens is 2. The van der Waals surface area contributed by atoms with Gasteiger partial charge in [0.05, 0.1) is 24.1 Å². The molecular weight excluding hydrogens is 470 g/mol. The number of aryl methyl sites for hydroxylation is 3. The average Bonchev–Trinajstić information content (AvgIpc) is 3.23. The maximum atomic E-state index is 12.3. The molecule has 0 aliphatic heterocycles. The maximum Gasteiger partial charge on any atom is 0.224 e. The van der Waals surface area contributed by atoms with Crippen LogP contribution in [0.4, 0.5) is 0 Å². The summed E-state index contributed by atoms with van der Waals surface area (Å²) < 4.78 is 8.35. The Labute approximate surface area is 218 Å². The van der Waals surface area contributed by atoms with Gasteiger partial charge in [-0.25, -0.2) is 4.98 Å². The van der Waals surface area contributed by atoms with Gasteiger partial charge in [-0.15, -0.1) is 0 Å². The number of amides is 1. The van der Waals surface area contributed by atoms with Crippen LogP contribution in [0.3, 0.4) is 0 Å². The second kappa shape index (κ2) is 12.6. The lowest BCUT2D eigenvalue weighted by atomic mass is 10.1. The Morgan fingerprint density at radius 2 is 1.78 bits per heavy atom. The Hall–Kier alpha value is -3.31. The summed E-state index contributed by atoms with van der Waals surface area (Å²) >= 11 is 6.17. The van der Waals surface area contributed by atoms with Gasteiger partial charge in [0.2, 0.25) is 5.91 Å². The Kier molecular flexibility index (Phi) is 9.01. The molecule has 188 valence electrons. The van der Waals surface area contributed by atoms with E-state index in [2.05, 4.69) is 48.0 Å². The first kappa shape index (κ1) is 25.8. The summed E-state index contributed by atoms with van der Waals surface area (Å²) in [6, 6.07) is 21.9. The van der Waals surface area contributed by atoms with Crippen LogP contribution in [0.5, 0.6) is 5.75 Å². The first-order valence-electron chi connectivity index (χ1n) is 12.7. The molecule has 1 aromatic heterocycles. The van der Waals surface area contributed by atoms with Gasteiger partial charge in [-0.1, -0.05) is 54.1 Å². The van der Waals surface area contributed by atoms with Crippen LogP contribution in [0.15, 0.2) is 66.7 Å². The summed E-state index contributed by atoms with van der Waals surface area (Å²) in [4.78, 5) is 17.2. The van der Waals surface area contributed by atoms with Crippen LogP contribution < -0.4 is 10.1 Å². The second-order valence-electron chi connectivity index (χ2n) is 9.14. The molecule has 36 heavy (non-hydrogen) atoms. The molecule has 5 nitrogen and oxygen atoms in total. The number of nitrogens with zero attached hydrogens (tertiary/aromatic N) is 2. The van der Waals surface area contributed by atoms with Crippen LogP contribution in [-0.2, 0) is 24.2 Å². The van der Waals surface area contributed by atoms with Gasteiger partial charge >= 0.3 is 0 Å². The van der Waals surface area contributed by atoms with Crippen molar-refractivity contribution >= 4 is 28.5 Å². The number of ether oxygens (including phenoxy) is 1. The number of rotatable bonds is 12. The number of para-hydroxylation sites is 2. The Balaban J connectivity index is 1.27. The number of fused-ring (bicyclic) bond motifs is 1. The Morgan fingerprint density at radius 1 is 0.972 bits per heavy atom. The SMILES string of the molecule is Cc1cccc(OCCCCn2c(CCCNC(=O)Cc3ccccc3Cl)nc3ccccc32)c1C. The van der Waals surface area contributed by atoms with Crippen LogP contribution in [0.1, 0.15) is 41.8 Å². The molecule has 4 aromatic rings. The summed E-state index contributed by atoms with van der Waals surface area (Å²) in [5.74, 6) is 2.02. The van der Waals surface area contributed by atoms with E-state index in [1.54, 1.807) is 0 Å². The molecule has 0 spiro atoms. The van der Waals surface area contributed by atoms with Crippen LogP contribution in [-0.4, -0.2) is 28.6 Å². The minimum absolute atomic E-state index is 0.0135. The van der Waals surface area contributed by atoms with Gasteiger partial charge in [-0.05, 0) is 74.1 Å². The molecule has 4 rings (SSSR count). The van der Waals surface area contributed by atoms with Crippen LogP contribution in [0.25, 0.3) is 11.0 Å². The van der Waals surface area contributed by atoms with E-state index in [4.69, 9.17) is 21.3 Å². The summed E-state index contributed by atoms with van der Waals surface area (Å²) in [6.45, 7) is 6.41. The standard InChI is InChI=1S/C30H34ClN3O2/c1-22-11-9-16-28(23(22)2)36-20-8-7-19-34-27-15-6-5-14-26(27)33-29(34)17-10-18-32-30(35)21-24-12-3-4-13-25(24)31/h3-6,9,11-16H,7-8,10,17-21H2,1-2H3,(H,32,35). The molecule has 0 unspecified atom stereocenters. The zero-order valence-electron chi connectivity index (χ0n) is 21.1. The first-order chi connectivity index (χ1) is 17.5. The van der Waals surface area contributed by atoms with E-state index >= 15 is 0 Å². The molecule has 6 heteroatoms. The number of benzene rings is 3. The Morgan fingerprint density at radius 3 is 2.64 bits per heavy atom. The van der Waals surface area contributed by atoms with Crippen molar-refractivity contribution in [1.29, 1.82) is 0 Å². The molecule has 0 bridgehead atoms. The fraction of sp³-hybridized carbons (Fsp3) is 0.333. The van der Waals surface area contributed by atoms with E-state index in [1.807, 2.05) is 42.5 Å². The predicted octanol–water partition coefficient (Wildman–Crippen LogP) is 6.46. The lowest BCUT2D eigenvalue weighted by Crippen LogP contribution is -2.26. The molecule has 1 N–H and O–H groups in total. The topological polar surface area (TPSA) is 56.1 Å². The number of halogens is 1. The van der Waals surface area contributed by atoms with Crippen molar-refractivity contribution in [2.24, 2.45) is 0 Å². The van der Waals surface area contributed by atoms with Crippen molar-refractivity contribution in [2.75, 3.05) is 13.2 Å². The fourth-order valence-corrected chi connectivity index (χ4v) is 4.55. The van der Waals surface area contributed by atoms with Crippen molar-refractivity contribution in [2.45, 2.75) is 52.5 Å². The highest BCUT2D eigenvalue weighted by atomic mass is 35.5. The number of carbonyl (C=O) groups excluding carboxylic acids is 1. The van der Waals surface area contributed by atoms with Gasteiger partial charge in [-0.2, -0.15) is 0 Å². The number of unbranched alkanes of at least 4 members (excludes halogenated alkanes) is 1.